The Morgan fingerprint density at radius 3 is 2.86 bits per heavy atom. The van der Waals surface area contributed by atoms with Crippen LogP contribution in [0.2, 0.25) is 0 Å². The number of carbonyl (C=O) groups is 2. The van der Waals surface area contributed by atoms with Crippen LogP contribution in [0, 0.1) is 11.8 Å². The second kappa shape index (κ2) is 8.51. The summed E-state index contributed by atoms with van der Waals surface area (Å²) < 4.78 is 0. The molecule has 1 amide bonds. The number of aliphatic hydroxyl groups is 1. The molecule has 156 valence electrons. The highest BCUT2D eigenvalue weighted by atomic mass is 16.3. The van der Waals surface area contributed by atoms with Crippen molar-refractivity contribution >= 4 is 23.3 Å². The monoisotopic (exact) mass is 400 g/mol. The molecular formula is C21H28N4O4. The molecule has 3 fully saturated rings. The summed E-state index contributed by atoms with van der Waals surface area (Å²) in [5.74, 6) is 1.18. The van der Waals surface area contributed by atoms with E-state index in [1.807, 2.05) is 6.20 Å². The molecule has 3 aliphatic rings. The number of carbonyl (C=O) groups excluding carboxylic acids is 1. The molecule has 0 radical (unpaired) electrons. The van der Waals surface area contributed by atoms with Gasteiger partial charge in [0, 0.05) is 37.5 Å². The highest BCUT2D eigenvalue weighted by Gasteiger charge is 2.48. The number of benzene rings is 1. The smallest absolute Gasteiger partial charge is 0.290 e. The van der Waals surface area contributed by atoms with Crippen LogP contribution in [0.5, 0.6) is 0 Å². The van der Waals surface area contributed by atoms with Crippen molar-refractivity contribution in [1.29, 1.82) is 0 Å². The van der Waals surface area contributed by atoms with E-state index < -0.39 is 0 Å². The summed E-state index contributed by atoms with van der Waals surface area (Å²) in [6.45, 7) is 2.76. The van der Waals surface area contributed by atoms with Crippen LogP contribution in [0.3, 0.4) is 0 Å². The van der Waals surface area contributed by atoms with Crippen LogP contribution in [0.4, 0.5) is 0 Å². The van der Waals surface area contributed by atoms with E-state index in [-0.39, 0.29) is 25.0 Å². The molecule has 3 aliphatic heterocycles. The second-order valence-corrected chi connectivity index (χ2v) is 8.36. The fraction of sp³-hybridized carbons (Fsp3) is 0.571. The lowest BCUT2D eigenvalue weighted by atomic mass is 9.72. The zero-order chi connectivity index (χ0) is 20.4. The van der Waals surface area contributed by atoms with Crippen LogP contribution in [0.1, 0.15) is 31.2 Å². The Morgan fingerprint density at radius 1 is 1.28 bits per heavy atom. The van der Waals surface area contributed by atoms with Crippen molar-refractivity contribution in [2.45, 2.75) is 44.3 Å². The van der Waals surface area contributed by atoms with Crippen LogP contribution < -0.4 is 0 Å². The van der Waals surface area contributed by atoms with Crippen LogP contribution in [0.25, 0.3) is 10.9 Å². The zero-order valence-corrected chi connectivity index (χ0v) is 16.4. The molecule has 2 aromatic rings. The third-order valence-corrected chi connectivity index (χ3v) is 6.67. The van der Waals surface area contributed by atoms with Crippen molar-refractivity contribution in [3.63, 3.8) is 0 Å². The van der Waals surface area contributed by atoms with E-state index in [4.69, 9.17) is 9.90 Å². The van der Waals surface area contributed by atoms with Crippen LogP contribution in [-0.2, 0) is 16.1 Å². The normalized spacial score (nSPS) is 29.1. The molecule has 2 bridgehead atoms. The van der Waals surface area contributed by atoms with Gasteiger partial charge in [0.05, 0.1) is 24.4 Å². The Hall–Kier alpha value is -2.45. The average molecular weight is 400 g/mol. The number of likely N-dealkylation sites (tertiary alicyclic amines) is 1. The van der Waals surface area contributed by atoms with Crippen molar-refractivity contribution in [1.82, 2.24) is 20.0 Å². The standard InChI is InChI=1S/C20H26N4O2.CH2O2/c25-12-19-16-7-15(18-2-1-3-20(26)24(18)19)10-23(11-16)9-13-4-5-14-8-21-22-17(14)6-13;2-1-3/h4-6,8,15-16,18-19,25H,1-3,7,9-12H2,(H,21,22);1H,(H,2,3)/t15-,16+,18+,19+;/m1./s1. The van der Waals surface area contributed by atoms with Gasteiger partial charge in [-0.2, -0.15) is 5.10 Å². The minimum absolute atomic E-state index is 0.00179. The molecule has 1 aromatic heterocycles. The third-order valence-electron chi connectivity index (χ3n) is 6.67. The highest BCUT2D eigenvalue weighted by molar-refractivity contribution is 5.78. The van der Waals surface area contributed by atoms with E-state index in [2.05, 4.69) is 38.2 Å². The van der Waals surface area contributed by atoms with Crippen molar-refractivity contribution in [2.75, 3.05) is 19.7 Å². The quantitative estimate of drug-likeness (QED) is 0.673. The minimum atomic E-state index is -0.250. The predicted molar refractivity (Wildman–Crippen MR) is 107 cm³/mol. The average Bonchev–Trinajstić information content (AvgIpc) is 3.17. The molecular weight excluding hydrogens is 372 g/mol. The summed E-state index contributed by atoms with van der Waals surface area (Å²) in [5, 5.41) is 25.2. The summed E-state index contributed by atoms with van der Waals surface area (Å²) in [7, 11) is 0. The largest absolute Gasteiger partial charge is 0.483 e. The summed E-state index contributed by atoms with van der Waals surface area (Å²) >= 11 is 0. The molecule has 29 heavy (non-hydrogen) atoms. The van der Waals surface area contributed by atoms with E-state index in [0.717, 1.165) is 49.8 Å². The van der Waals surface area contributed by atoms with Crippen molar-refractivity contribution in [2.24, 2.45) is 11.8 Å². The lowest BCUT2D eigenvalue weighted by Gasteiger charge is -2.56. The van der Waals surface area contributed by atoms with Gasteiger partial charge in [-0.1, -0.05) is 12.1 Å². The summed E-state index contributed by atoms with van der Waals surface area (Å²) in [6.07, 6.45) is 5.74. The molecule has 0 unspecified atom stereocenters. The van der Waals surface area contributed by atoms with Gasteiger partial charge in [-0.3, -0.25) is 19.6 Å². The molecule has 1 aromatic carbocycles. The van der Waals surface area contributed by atoms with E-state index in [1.165, 1.54) is 5.56 Å². The number of aliphatic hydroxyl groups excluding tert-OH is 1. The number of hydrogen-bond donors (Lipinski definition) is 3. The Labute approximate surface area is 169 Å². The van der Waals surface area contributed by atoms with Gasteiger partial charge in [0.25, 0.3) is 6.47 Å². The minimum Gasteiger partial charge on any atom is -0.483 e. The maximum Gasteiger partial charge on any atom is 0.290 e. The van der Waals surface area contributed by atoms with E-state index in [0.29, 0.717) is 24.3 Å². The molecule has 3 N–H and O–H groups in total. The SMILES string of the molecule is O=C1CCC[C@H]2[C@@H]3C[C@@H](CN(Cc4ccc5cn[nH]c5c4)C3)[C@H](CO)N12.O=CO. The lowest BCUT2D eigenvalue weighted by Crippen LogP contribution is -2.65. The topological polar surface area (TPSA) is 110 Å². The van der Waals surface area contributed by atoms with Crippen molar-refractivity contribution < 1.29 is 19.8 Å². The maximum absolute atomic E-state index is 12.5. The van der Waals surface area contributed by atoms with E-state index >= 15 is 0 Å². The van der Waals surface area contributed by atoms with Gasteiger partial charge in [-0.15, -0.1) is 0 Å². The highest BCUT2D eigenvalue weighted by Crippen LogP contribution is 2.41. The number of H-pyrrole nitrogens is 1. The van der Waals surface area contributed by atoms with Crippen LogP contribution in [0.15, 0.2) is 24.4 Å². The number of amides is 1. The van der Waals surface area contributed by atoms with Crippen LogP contribution in [-0.4, -0.2) is 74.4 Å². The molecule has 4 heterocycles. The molecule has 5 rings (SSSR count). The zero-order valence-electron chi connectivity index (χ0n) is 16.4. The van der Waals surface area contributed by atoms with Gasteiger partial charge < -0.3 is 15.1 Å². The molecule has 0 saturated carbocycles. The first-order chi connectivity index (χ1) is 14.1. The molecule has 8 heteroatoms. The van der Waals surface area contributed by atoms with Gasteiger partial charge in [0.2, 0.25) is 5.91 Å². The maximum atomic E-state index is 12.5. The lowest BCUT2D eigenvalue weighted by molar-refractivity contribution is -0.155. The molecule has 4 atom stereocenters. The number of nitrogens with zero attached hydrogens (tertiary/aromatic N) is 3. The number of piperidine rings is 3. The Balaban J connectivity index is 0.000000645. The Morgan fingerprint density at radius 2 is 2.07 bits per heavy atom. The summed E-state index contributed by atoms with van der Waals surface area (Å²) in [6, 6.07) is 6.82. The molecule has 8 nitrogen and oxygen atoms in total. The molecule has 0 aliphatic carbocycles. The summed E-state index contributed by atoms with van der Waals surface area (Å²) in [5.41, 5.74) is 2.37. The number of hydrogen-bond acceptors (Lipinski definition) is 5. The number of rotatable bonds is 3. The first-order valence-corrected chi connectivity index (χ1v) is 10.3. The van der Waals surface area contributed by atoms with Crippen LogP contribution >= 0.6 is 0 Å². The predicted octanol–water partition coefficient (Wildman–Crippen LogP) is 1.46. The first-order valence-electron chi connectivity index (χ1n) is 10.3. The third kappa shape index (κ3) is 3.86. The number of fused-ring (bicyclic) bond motifs is 5. The Kier molecular flexibility index (Phi) is 5.82. The van der Waals surface area contributed by atoms with Crippen molar-refractivity contribution in [3.8, 4) is 0 Å². The number of aromatic amines is 1. The van der Waals surface area contributed by atoms with Gasteiger partial charge in [0.1, 0.15) is 0 Å². The number of carboxylic acid groups (broad SMARTS) is 1. The van der Waals surface area contributed by atoms with Crippen molar-refractivity contribution in [3.05, 3.63) is 30.0 Å². The van der Waals surface area contributed by atoms with Gasteiger partial charge >= 0.3 is 0 Å². The fourth-order valence-electron chi connectivity index (χ4n) is 5.58. The van der Waals surface area contributed by atoms with E-state index in [9.17, 15) is 9.90 Å². The summed E-state index contributed by atoms with van der Waals surface area (Å²) in [4.78, 5) is 25.4. The molecule has 3 saturated heterocycles. The second-order valence-electron chi connectivity index (χ2n) is 8.36. The first kappa shape index (κ1) is 19.8. The van der Waals surface area contributed by atoms with Gasteiger partial charge in [0.15, 0.2) is 0 Å². The van der Waals surface area contributed by atoms with Gasteiger partial charge in [-0.05, 0) is 42.7 Å². The van der Waals surface area contributed by atoms with Gasteiger partial charge in [-0.25, -0.2) is 0 Å². The van der Waals surface area contributed by atoms with E-state index in [1.54, 1.807) is 0 Å². The fourth-order valence-corrected chi connectivity index (χ4v) is 5.58. The molecule has 0 spiro atoms. The Bertz CT molecular complexity index is 855. The number of nitrogens with one attached hydrogen (secondary N) is 1. The number of aromatic nitrogens is 2.